The number of anilines is 1. The lowest BCUT2D eigenvalue weighted by atomic mass is 9.89. The zero-order chi connectivity index (χ0) is 28.8. The lowest BCUT2D eigenvalue weighted by Crippen LogP contribution is -2.49. The van der Waals surface area contributed by atoms with Crippen molar-refractivity contribution in [3.05, 3.63) is 67.0 Å². The van der Waals surface area contributed by atoms with Crippen molar-refractivity contribution >= 4 is 16.9 Å². The average molecular weight is 488 g/mol. The first kappa shape index (κ1) is 17.9. The molecule has 0 bridgehead atoms. The number of benzene rings is 2. The maximum atomic E-state index is 8.12. The highest BCUT2D eigenvalue weighted by atomic mass is 16.5. The number of nitrogen functional groups attached to an aromatic ring is 1. The van der Waals surface area contributed by atoms with E-state index in [0.717, 1.165) is 74.0 Å². The number of piperazine rings is 1. The van der Waals surface area contributed by atoms with E-state index in [2.05, 4.69) is 37.6 Å². The van der Waals surface area contributed by atoms with E-state index in [0.29, 0.717) is 23.7 Å². The molecule has 2 fully saturated rings. The molecule has 7 nitrogen and oxygen atoms in total. The van der Waals surface area contributed by atoms with Gasteiger partial charge in [-0.05, 0) is 62.5 Å². The molecular weight excluding hydrogens is 448 g/mol. The molecule has 0 unspecified atom stereocenters. The van der Waals surface area contributed by atoms with Gasteiger partial charge in [0.15, 0.2) is 0 Å². The molecule has 2 aromatic carbocycles. The largest absolute Gasteiger partial charge is 0.457 e. The molecule has 7 heteroatoms. The topological polar surface area (TPSA) is 72.4 Å². The van der Waals surface area contributed by atoms with Gasteiger partial charge < -0.3 is 19.9 Å². The SMILES string of the molecule is [2H]c1c([2H])c([2H])c(Oc2ccc(-c3cn(C4CCC(N5CCN(C)CC5)CC4)c4ncnc(N)c34)cc2)c([2H])c1[2H]. The fourth-order valence-electron chi connectivity index (χ4n) is 5.60. The van der Waals surface area contributed by atoms with Crippen LogP contribution in [0.4, 0.5) is 5.82 Å². The minimum atomic E-state index is -0.452. The van der Waals surface area contributed by atoms with Crippen LogP contribution in [0.2, 0.25) is 0 Å². The molecule has 0 spiro atoms. The van der Waals surface area contributed by atoms with Crippen LogP contribution in [-0.4, -0.2) is 63.6 Å². The number of fused-ring (bicyclic) bond motifs is 1. The maximum Gasteiger partial charge on any atom is 0.146 e. The highest BCUT2D eigenvalue weighted by Gasteiger charge is 2.29. The Kier molecular flexibility index (Phi) is 4.93. The molecule has 2 N–H and O–H groups in total. The third kappa shape index (κ3) is 4.56. The van der Waals surface area contributed by atoms with E-state index in [4.69, 9.17) is 17.3 Å². The van der Waals surface area contributed by atoms with Gasteiger partial charge in [0.05, 0.1) is 12.2 Å². The van der Waals surface area contributed by atoms with Crippen molar-refractivity contribution in [1.29, 1.82) is 0 Å². The summed E-state index contributed by atoms with van der Waals surface area (Å²) in [6.07, 6.45) is 8.12. The Labute approximate surface area is 219 Å². The first-order chi connectivity index (χ1) is 19.7. The van der Waals surface area contributed by atoms with Crippen LogP contribution in [0.1, 0.15) is 38.6 Å². The van der Waals surface area contributed by atoms with Crippen molar-refractivity contribution in [3.63, 3.8) is 0 Å². The molecule has 1 aliphatic heterocycles. The molecule has 0 atom stereocenters. The highest BCUT2D eigenvalue weighted by Crippen LogP contribution is 2.39. The van der Waals surface area contributed by atoms with E-state index < -0.39 is 18.1 Å². The Hall–Kier alpha value is -3.42. The Balaban J connectivity index is 1.25. The summed E-state index contributed by atoms with van der Waals surface area (Å²) in [5.41, 5.74) is 9.03. The van der Waals surface area contributed by atoms with Crippen LogP contribution < -0.4 is 10.5 Å². The number of nitrogens with two attached hydrogens (primary N) is 1. The van der Waals surface area contributed by atoms with Gasteiger partial charge >= 0.3 is 0 Å². The first-order valence-corrected chi connectivity index (χ1v) is 12.6. The summed E-state index contributed by atoms with van der Waals surface area (Å²) in [5, 5.41) is 0.813. The average Bonchev–Trinajstić information content (AvgIpc) is 3.39. The Morgan fingerprint density at radius 3 is 2.31 bits per heavy atom. The zero-order valence-electron chi connectivity index (χ0n) is 25.5. The van der Waals surface area contributed by atoms with Crippen molar-refractivity contribution < 1.29 is 11.6 Å². The van der Waals surface area contributed by atoms with Gasteiger partial charge in [-0.25, -0.2) is 9.97 Å². The van der Waals surface area contributed by atoms with Gasteiger partial charge in [-0.2, -0.15) is 0 Å². The Bertz CT molecular complexity index is 1550. The second-order valence-corrected chi connectivity index (χ2v) is 9.79. The van der Waals surface area contributed by atoms with Crippen LogP contribution in [0, 0.1) is 0 Å². The molecule has 0 radical (unpaired) electrons. The van der Waals surface area contributed by atoms with Crippen LogP contribution >= 0.6 is 0 Å². The van der Waals surface area contributed by atoms with Crippen LogP contribution in [0.5, 0.6) is 11.5 Å². The second-order valence-electron chi connectivity index (χ2n) is 9.79. The third-order valence-electron chi connectivity index (χ3n) is 7.61. The molecule has 4 aromatic rings. The van der Waals surface area contributed by atoms with Crippen LogP contribution in [-0.2, 0) is 0 Å². The third-order valence-corrected chi connectivity index (χ3v) is 7.61. The van der Waals surface area contributed by atoms with E-state index in [9.17, 15) is 0 Å². The normalized spacial score (nSPS) is 23.5. The van der Waals surface area contributed by atoms with Gasteiger partial charge in [0.1, 0.15) is 29.3 Å². The number of nitrogens with zero attached hydrogens (tertiary/aromatic N) is 5. The molecule has 1 saturated heterocycles. The summed E-state index contributed by atoms with van der Waals surface area (Å²) < 4.78 is 47.8. The quantitative estimate of drug-likeness (QED) is 0.417. The van der Waals surface area contributed by atoms with Crippen molar-refractivity contribution in [2.24, 2.45) is 0 Å². The van der Waals surface area contributed by atoms with Gasteiger partial charge in [0.25, 0.3) is 0 Å². The number of ether oxygens (including phenoxy) is 1. The summed E-state index contributed by atoms with van der Waals surface area (Å²) >= 11 is 0. The summed E-state index contributed by atoms with van der Waals surface area (Å²) in [6, 6.07) is 6.09. The molecule has 0 amide bonds. The maximum absolute atomic E-state index is 8.12. The van der Waals surface area contributed by atoms with Crippen molar-refractivity contribution in [2.75, 3.05) is 39.0 Å². The summed E-state index contributed by atoms with van der Waals surface area (Å²) in [7, 11) is 2.19. The summed E-state index contributed by atoms with van der Waals surface area (Å²) in [4.78, 5) is 14.0. The molecule has 6 rings (SSSR count). The molecule has 186 valence electrons. The summed E-state index contributed by atoms with van der Waals surface area (Å²) in [5.74, 6) is 0.585. The van der Waals surface area contributed by atoms with Crippen molar-refractivity contribution in [2.45, 2.75) is 37.8 Å². The fraction of sp³-hybridized carbons (Fsp3) is 0.379. The monoisotopic (exact) mass is 487 g/mol. The van der Waals surface area contributed by atoms with Gasteiger partial charge in [-0.3, -0.25) is 4.90 Å². The first-order valence-electron chi connectivity index (χ1n) is 15.1. The molecule has 1 aliphatic carbocycles. The van der Waals surface area contributed by atoms with E-state index in [-0.39, 0.29) is 17.8 Å². The van der Waals surface area contributed by atoms with Gasteiger partial charge in [0.2, 0.25) is 0 Å². The number of likely N-dealkylation sites (N-methyl/N-ethyl adjacent to an activating group) is 1. The van der Waals surface area contributed by atoms with Crippen LogP contribution in [0.3, 0.4) is 0 Å². The molecule has 36 heavy (non-hydrogen) atoms. The molecule has 1 saturated carbocycles. The standard InChI is InChI=1S/C29H34N6O/c1-33-15-17-34(18-16-33)22-9-11-23(12-10-22)35-19-26(27-28(30)31-20-32-29(27)35)21-7-13-25(14-8-21)36-24-5-3-2-4-6-24/h2-8,13-14,19-20,22-23H,9-12,15-18H2,1H3,(H2,30,31,32)/i2D,3D,4D,5D,6D. The predicted molar refractivity (Wildman–Crippen MR) is 144 cm³/mol. The Morgan fingerprint density at radius 2 is 1.58 bits per heavy atom. The zero-order valence-corrected chi connectivity index (χ0v) is 20.5. The van der Waals surface area contributed by atoms with Gasteiger partial charge in [0, 0.05) is 50.0 Å². The number of hydrogen-bond donors (Lipinski definition) is 1. The van der Waals surface area contributed by atoms with E-state index >= 15 is 0 Å². The minimum absolute atomic E-state index is 0.204. The fourth-order valence-corrected chi connectivity index (χ4v) is 5.60. The van der Waals surface area contributed by atoms with Crippen molar-refractivity contribution in [3.8, 4) is 22.6 Å². The van der Waals surface area contributed by atoms with Crippen molar-refractivity contribution in [1.82, 2.24) is 24.3 Å². The lowest BCUT2D eigenvalue weighted by Gasteiger charge is -2.41. The van der Waals surface area contributed by atoms with Gasteiger partial charge in [-0.1, -0.05) is 30.3 Å². The lowest BCUT2D eigenvalue weighted by molar-refractivity contribution is 0.0828. The summed E-state index contributed by atoms with van der Waals surface area (Å²) in [6.45, 7) is 4.55. The smallest absolute Gasteiger partial charge is 0.146 e. The second kappa shape index (κ2) is 9.91. The minimum Gasteiger partial charge on any atom is -0.457 e. The Morgan fingerprint density at radius 1 is 0.889 bits per heavy atom. The van der Waals surface area contributed by atoms with Crippen LogP contribution in [0.15, 0.2) is 67.0 Å². The number of rotatable bonds is 5. The molecule has 2 aromatic heterocycles. The molecule has 2 aliphatic rings. The number of para-hydroxylation sites is 1. The van der Waals surface area contributed by atoms with E-state index in [1.165, 1.54) is 6.33 Å². The number of hydrogen-bond acceptors (Lipinski definition) is 6. The molecular formula is C29H34N6O. The van der Waals surface area contributed by atoms with E-state index in [1.807, 2.05) is 12.1 Å². The molecule has 3 heterocycles. The highest BCUT2D eigenvalue weighted by molar-refractivity contribution is 6.00. The van der Waals surface area contributed by atoms with E-state index in [1.54, 1.807) is 12.1 Å². The van der Waals surface area contributed by atoms with Crippen LogP contribution in [0.25, 0.3) is 22.2 Å². The predicted octanol–water partition coefficient (Wildman–Crippen LogP) is 5.20. The van der Waals surface area contributed by atoms with Gasteiger partial charge in [-0.15, -0.1) is 0 Å². The number of aromatic nitrogens is 3.